The van der Waals surface area contributed by atoms with Crippen LogP contribution in [0, 0.1) is 12.8 Å². The molecule has 2 unspecified atom stereocenters. The van der Waals surface area contributed by atoms with Crippen LogP contribution >= 0.6 is 15.9 Å². The van der Waals surface area contributed by atoms with Gasteiger partial charge in [0, 0.05) is 11.4 Å². The molecule has 21 heavy (non-hydrogen) atoms. The summed E-state index contributed by atoms with van der Waals surface area (Å²) in [6.45, 7) is 4.67. The topological polar surface area (TPSA) is 46.2 Å². The van der Waals surface area contributed by atoms with Crippen molar-refractivity contribution in [2.75, 3.05) is 5.33 Å². The molecule has 1 rings (SSSR count). The summed E-state index contributed by atoms with van der Waals surface area (Å²) in [6, 6.07) is 2.75. The van der Waals surface area contributed by atoms with Gasteiger partial charge in [-0.15, -0.1) is 0 Å². The highest BCUT2D eigenvalue weighted by Crippen LogP contribution is 2.34. The van der Waals surface area contributed by atoms with Gasteiger partial charge in [-0.3, -0.25) is 0 Å². The predicted molar refractivity (Wildman–Crippen MR) is 78.9 cm³/mol. The molecule has 0 aliphatic heterocycles. The van der Waals surface area contributed by atoms with Crippen LogP contribution in [0.25, 0.3) is 0 Å². The van der Waals surface area contributed by atoms with Gasteiger partial charge in [0.05, 0.1) is 10.5 Å². The molecule has 0 saturated carbocycles. The third-order valence-electron chi connectivity index (χ3n) is 3.32. The van der Waals surface area contributed by atoms with Crippen LogP contribution in [0.3, 0.4) is 0 Å². The van der Waals surface area contributed by atoms with Crippen LogP contribution < -0.4 is 4.72 Å². The Bertz CT molecular complexity index is 602. The summed E-state index contributed by atoms with van der Waals surface area (Å²) in [4.78, 5) is -0.342. The molecule has 8 heteroatoms. The Labute approximate surface area is 131 Å². The molecule has 0 spiro atoms. The second kappa shape index (κ2) is 6.66. The van der Waals surface area contributed by atoms with Crippen molar-refractivity contribution in [3.05, 3.63) is 29.3 Å². The van der Waals surface area contributed by atoms with Crippen molar-refractivity contribution in [3.63, 3.8) is 0 Å². The molecule has 1 aromatic carbocycles. The van der Waals surface area contributed by atoms with Gasteiger partial charge >= 0.3 is 6.18 Å². The number of rotatable bonds is 5. The fourth-order valence-corrected chi connectivity index (χ4v) is 3.95. The van der Waals surface area contributed by atoms with Crippen LogP contribution in [-0.4, -0.2) is 19.8 Å². The van der Waals surface area contributed by atoms with Crippen molar-refractivity contribution in [1.29, 1.82) is 0 Å². The lowest BCUT2D eigenvalue weighted by molar-refractivity contribution is -0.138. The second-order valence-electron chi connectivity index (χ2n) is 4.97. The van der Waals surface area contributed by atoms with Gasteiger partial charge < -0.3 is 0 Å². The lowest BCUT2D eigenvalue weighted by Crippen LogP contribution is -2.38. The van der Waals surface area contributed by atoms with E-state index in [0.717, 1.165) is 19.1 Å². The standard InChI is InChI=1S/C13H17BrF3NO2S/c1-8(7-14)10(3)18-21(19,20)12-6-4-5-11(9(12)2)13(15,16)17/h4-6,8,10,18H,7H2,1-3H3. The molecule has 1 aromatic rings. The molecule has 0 amide bonds. The molecule has 0 aliphatic carbocycles. The number of nitrogens with one attached hydrogen (secondary N) is 1. The van der Waals surface area contributed by atoms with E-state index in [1.165, 1.54) is 6.07 Å². The van der Waals surface area contributed by atoms with Crippen molar-refractivity contribution in [2.24, 2.45) is 5.92 Å². The Balaban J connectivity index is 3.22. The number of alkyl halides is 4. The van der Waals surface area contributed by atoms with E-state index in [2.05, 4.69) is 20.7 Å². The lowest BCUT2D eigenvalue weighted by Gasteiger charge is -2.21. The lowest BCUT2D eigenvalue weighted by atomic mass is 10.1. The van der Waals surface area contributed by atoms with Gasteiger partial charge in [0.1, 0.15) is 0 Å². The Kier molecular flexibility index (Phi) is 5.85. The number of sulfonamides is 1. The molecule has 0 aromatic heterocycles. The Hall–Kier alpha value is -0.600. The maximum Gasteiger partial charge on any atom is 0.416 e. The summed E-state index contributed by atoms with van der Waals surface area (Å²) in [5, 5.41) is 0.582. The van der Waals surface area contributed by atoms with E-state index in [9.17, 15) is 21.6 Å². The zero-order chi connectivity index (χ0) is 16.4. The van der Waals surface area contributed by atoms with Crippen LogP contribution in [0.5, 0.6) is 0 Å². The first kappa shape index (κ1) is 18.4. The molecule has 2 atom stereocenters. The van der Waals surface area contributed by atoms with Crippen molar-refractivity contribution >= 4 is 26.0 Å². The van der Waals surface area contributed by atoms with Crippen molar-refractivity contribution in [2.45, 2.75) is 37.9 Å². The minimum atomic E-state index is -4.58. The second-order valence-corrected chi connectivity index (χ2v) is 7.30. The van der Waals surface area contributed by atoms with Crippen LogP contribution in [0.1, 0.15) is 25.0 Å². The van der Waals surface area contributed by atoms with Crippen LogP contribution in [0.4, 0.5) is 13.2 Å². The highest BCUT2D eigenvalue weighted by Gasteiger charge is 2.35. The molecule has 0 bridgehead atoms. The minimum Gasteiger partial charge on any atom is -0.208 e. The maximum absolute atomic E-state index is 12.8. The zero-order valence-electron chi connectivity index (χ0n) is 11.8. The van der Waals surface area contributed by atoms with Gasteiger partial charge in [-0.2, -0.15) is 13.2 Å². The monoisotopic (exact) mass is 387 g/mol. The Morgan fingerprint density at radius 2 is 1.86 bits per heavy atom. The van der Waals surface area contributed by atoms with Crippen LogP contribution in [0.15, 0.2) is 23.1 Å². The fraction of sp³-hybridized carbons (Fsp3) is 0.538. The van der Waals surface area contributed by atoms with Gasteiger partial charge in [-0.25, -0.2) is 13.1 Å². The summed E-state index contributed by atoms with van der Waals surface area (Å²) in [5.41, 5.74) is -1.23. The van der Waals surface area contributed by atoms with E-state index in [4.69, 9.17) is 0 Å². The molecule has 120 valence electrons. The first-order valence-corrected chi connectivity index (χ1v) is 8.86. The average Bonchev–Trinajstić information content (AvgIpc) is 2.35. The summed E-state index contributed by atoms with van der Waals surface area (Å²) in [6.07, 6.45) is -4.58. The predicted octanol–water partition coefficient (Wildman–Crippen LogP) is 3.71. The van der Waals surface area contributed by atoms with Gasteiger partial charge in [0.15, 0.2) is 0 Å². The number of halogens is 4. The number of hydrogen-bond donors (Lipinski definition) is 1. The molecule has 0 aliphatic rings. The van der Waals surface area contributed by atoms with Crippen LogP contribution in [-0.2, 0) is 16.2 Å². The van der Waals surface area contributed by atoms with Gasteiger partial charge in [-0.1, -0.05) is 28.9 Å². The van der Waals surface area contributed by atoms with Gasteiger partial charge in [0.25, 0.3) is 0 Å². The first-order chi connectivity index (χ1) is 9.50. The fourth-order valence-electron chi connectivity index (χ4n) is 1.77. The molecule has 1 N–H and O–H groups in total. The summed E-state index contributed by atoms with van der Waals surface area (Å²) >= 11 is 3.25. The summed E-state index contributed by atoms with van der Waals surface area (Å²) < 4.78 is 65.5. The normalized spacial score (nSPS) is 15.8. The largest absolute Gasteiger partial charge is 0.416 e. The molecule has 0 radical (unpaired) electrons. The Morgan fingerprint density at radius 1 is 1.29 bits per heavy atom. The third kappa shape index (κ3) is 4.43. The van der Waals surface area contributed by atoms with E-state index in [0.29, 0.717) is 5.33 Å². The van der Waals surface area contributed by atoms with E-state index in [1.54, 1.807) is 6.92 Å². The van der Waals surface area contributed by atoms with Gasteiger partial charge in [-0.05, 0) is 37.5 Å². The Morgan fingerprint density at radius 3 is 2.33 bits per heavy atom. The third-order valence-corrected chi connectivity index (χ3v) is 6.04. The summed E-state index contributed by atoms with van der Waals surface area (Å²) in [5.74, 6) is 0.00544. The van der Waals surface area contributed by atoms with E-state index in [-0.39, 0.29) is 16.4 Å². The summed E-state index contributed by atoms with van der Waals surface area (Å²) in [7, 11) is -4.00. The van der Waals surface area contributed by atoms with Crippen LogP contribution in [0.2, 0.25) is 0 Å². The average molecular weight is 388 g/mol. The van der Waals surface area contributed by atoms with Crippen molar-refractivity contribution < 1.29 is 21.6 Å². The highest BCUT2D eigenvalue weighted by atomic mass is 79.9. The molecule has 0 heterocycles. The number of benzene rings is 1. The SMILES string of the molecule is Cc1c(C(F)(F)F)cccc1S(=O)(=O)NC(C)C(C)CBr. The van der Waals surface area contributed by atoms with Gasteiger partial charge in [0.2, 0.25) is 10.0 Å². The molecule has 0 fully saturated rings. The number of hydrogen-bond acceptors (Lipinski definition) is 2. The zero-order valence-corrected chi connectivity index (χ0v) is 14.2. The highest BCUT2D eigenvalue weighted by molar-refractivity contribution is 9.09. The smallest absolute Gasteiger partial charge is 0.208 e. The van der Waals surface area contributed by atoms with Crippen molar-refractivity contribution in [1.82, 2.24) is 4.72 Å². The maximum atomic E-state index is 12.8. The van der Waals surface area contributed by atoms with E-state index < -0.39 is 27.8 Å². The van der Waals surface area contributed by atoms with E-state index >= 15 is 0 Å². The van der Waals surface area contributed by atoms with Crippen molar-refractivity contribution in [3.8, 4) is 0 Å². The molecular formula is C13H17BrF3NO2S. The quantitative estimate of drug-likeness (QED) is 0.782. The molecule has 0 saturated heterocycles. The molecule has 3 nitrogen and oxygen atoms in total. The first-order valence-electron chi connectivity index (χ1n) is 6.25. The molecular weight excluding hydrogens is 371 g/mol. The minimum absolute atomic E-state index is 0.00544. The van der Waals surface area contributed by atoms with E-state index in [1.807, 2.05) is 6.92 Å².